The molecule has 0 aliphatic heterocycles. The average molecular weight is 294 g/mol. The van der Waals surface area contributed by atoms with Crippen LogP contribution in [0.1, 0.15) is 23.9 Å². The van der Waals surface area contributed by atoms with Crippen molar-refractivity contribution in [2.45, 2.75) is 32.6 Å². The molecule has 2 N–H and O–H groups in total. The summed E-state index contributed by atoms with van der Waals surface area (Å²) in [6, 6.07) is 6.55. The topological polar surface area (TPSA) is 70.5 Å². The summed E-state index contributed by atoms with van der Waals surface area (Å²) in [6.07, 6.45) is 0.626. The van der Waals surface area contributed by atoms with Crippen LogP contribution in [-0.2, 0) is 24.4 Å². The minimum Gasteiger partial charge on any atom is -0.484 e. The average Bonchev–Trinajstić information content (AvgIpc) is 2.85. The van der Waals surface area contributed by atoms with E-state index in [2.05, 4.69) is 5.16 Å². The van der Waals surface area contributed by atoms with E-state index in [4.69, 9.17) is 19.7 Å². The van der Waals surface area contributed by atoms with Crippen molar-refractivity contribution >= 4 is 0 Å². The van der Waals surface area contributed by atoms with Crippen LogP contribution in [0.4, 0.5) is 4.39 Å². The van der Waals surface area contributed by atoms with E-state index in [9.17, 15) is 4.39 Å². The Morgan fingerprint density at radius 2 is 2.14 bits per heavy atom. The molecule has 0 spiro atoms. The Labute approximate surface area is 122 Å². The first-order valence-electron chi connectivity index (χ1n) is 6.68. The van der Waals surface area contributed by atoms with Crippen LogP contribution in [0.2, 0.25) is 0 Å². The van der Waals surface area contributed by atoms with Gasteiger partial charge < -0.3 is 19.7 Å². The zero-order chi connectivity index (χ0) is 15.2. The van der Waals surface area contributed by atoms with Crippen molar-refractivity contribution in [3.63, 3.8) is 0 Å². The number of halogens is 1. The monoisotopic (exact) mass is 294 g/mol. The second-order valence-electron chi connectivity index (χ2n) is 4.95. The van der Waals surface area contributed by atoms with Gasteiger partial charge in [0.25, 0.3) is 0 Å². The molecule has 1 aromatic heterocycles. The van der Waals surface area contributed by atoms with Crippen LogP contribution in [0.3, 0.4) is 0 Å². The van der Waals surface area contributed by atoms with Gasteiger partial charge in [0.2, 0.25) is 0 Å². The van der Waals surface area contributed by atoms with Crippen LogP contribution in [0.5, 0.6) is 5.75 Å². The lowest BCUT2D eigenvalue weighted by molar-refractivity contribution is 0.155. The van der Waals surface area contributed by atoms with Crippen molar-refractivity contribution in [2.75, 3.05) is 7.11 Å². The maximum Gasteiger partial charge on any atom is 0.165 e. The number of hydrogen-bond acceptors (Lipinski definition) is 5. The first-order valence-corrected chi connectivity index (χ1v) is 6.68. The standard InChI is InChI=1S/C15H19FN2O3/c1-10(17)5-11-3-4-15(14(16)6-11)20-8-12-7-13(9-19-2)21-18-12/h3-4,6-7,10H,5,8-9,17H2,1-2H3. The van der Waals surface area contributed by atoms with Crippen molar-refractivity contribution in [3.8, 4) is 5.75 Å². The molecule has 0 saturated carbocycles. The molecule has 2 rings (SSSR count). The highest BCUT2D eigenvalue weighted by molar-refractivity contribution is 5.30. The van der Waals surface area contributed by atoms with E-state index in [0.29, 0.717) is 24.5 Å². The molecule has 0 fully saturated rings. The molecule has 6 heteroatoms. The number of methoxy groups -OCH3 is 1. The van der Waals surface area contributed by atoms with Gasteiger partial charge in [0.15, 0.2) is 17.3 Å². The first kappa shape index (κ1) is 15.5. The van der Waals surface area contributed by atoms with Crippen LogP contribution < -0.4 is 10.5 Å². The summed E-state index contributed by atoms with van der Waals surface area (Å²) >= 11 is 0. The van der Waals surface area contributed by atoms with Gasteiger partial charge in [-0.05, 0) is 31.0 Å². The zero-order valence-corrected chi connectivity index (χ0v) is 12.1. The minimum absolute atomic E-state index is 0.00879. The fourth-order valence-corrected chi connectivity index (χ4v) is 1.95. The van der Waals surface area contributed by atoms with E-state index in [1.165, 1.54) is 6.07 Å². The van der Waals surface area contributed by atoms with Crippen LogP contribution in [-0.4, -0.2) is 18.3 Å². The maximum atomic E-state index is 13.9. The molecule has 0 bridgehead atoms. The van der Waals surface area contributed by atoms with Crippen LogP contribution in [0.25, 0.3) is 0 Å². The van der Waals surface area contributed by atoms with Gasteiger partial charge in [0.05, 0.1) is 0 Å². The van der Waals surface area contributed by atoms with Gasteiger partial charge >= 0.3 is 0 Å². The smallest absolute Gasteiger partial charge is 0.165 e. The number of benzene rings is 1. The second kappa shape index (κ2) is 7.19. The minimum atomic E-state index is -0.409. The third kappa shape index (κ3) is 4.54. The Bertz CT molecular complexity index is 584. The SMILES string of the molecule is COCc1cc(COc2ccc(CC(C)N)cc2F)no1. The molecule has 0 aliphatic carbocycles. The summed E-state index contributed by atoms with van der Waals surface area (Å²) in [5.41, 5.74) is 7.12. The summed E-state index contributed by atoms with van der Waals surface area (Å²) in [6.45, 7) is 2.36. The number of hydrogen-bond donors (Lipinski definition) is 1. The molecule has 21 heavy (non-hydrogen) atoms. The van der Waals surface area contributed by atoms with Crippen LogP contribution in [0, 0.1) is 5.82 Å². The molecule has 5 nitrogen and oxygen atoms in total. The van der Waals surface area contributed by atoms with Crippen molar-refractivity contribution in [3.05, 3.63) is 47.1 Å². The van der Waals surface area contributed by atoms with Crippen molar-refractivity contribution in [1.29, 1.82) is 0 Å². The lowest BCUT2D eigenvalue weighted by atomic mass is 10.1. The van der Waals surface area contributed by atoms with Crippen molar-refractivity contribution in [1.82, 2.24) is 5.16 Å². The van der Waals surface area contributed by atoms with E-state index in [1.807, 2.05) is 6.92 Å². The third-order valence-electron chi connectivity index (χ3n) is 2.82. The summed E-state index contributed by atoms with van der Waals surface area (Å²) in [5, 5.41) is 3.82. The first-order chi connectivity index (χ1) is 10.1. The molecule has 0 amide bonds. The van der Waals surface area contributed by atoms with Gasteiger partial charge in [-0.3, -0.25) is 0 Å². The fraction of sp³-hybridized carbons (Fsp3) is 0.400. The number of nitrogens with zero attached hydrogens (tertiary/aromatic N) is 1. The lowest BCUT2D eigenvalue weighted by Gasteiger charge is -2.09. The zero-order valence-electron chi connectivity index (χ0n) is 12.1. The highest BCUT2D eigenvalue weighted by Crippen LogP contribution is 2.20. The van der Waals surface area contributed by atoms with Crippen LogP contribution in [0.15, 0.2) is 28.8 Å². The van der Waals surface area contributed by atoms with E-state index < -0.39 is 5.82 Å². The Kier molecular flexibility index (Phi) is 5.30. The Hall–Kier alpha value is -1.92. The predicted octanol–water partition coefficient (Wildman–Crippen LogP) is 2.43. The van der Waals surface area contributed by atoms with E-state index in [-0.39, 0.29) is 18.4 Å². The quantitative estimate of drug-likeness (QED) is 0.849. The summed E-state index contributed by atoms with van der Waals surface area (Å²) < 4.78 is 29.3. The van der Waals surface area contributed by atoms with Crippen molar-refractivity contribution < 1.29 is 18.4 Å². The maximum absolute atomic E-state index is 13.9. The summed E-state index contributed by atoms with van der Waals surface area (Å²) in [5.74, 6) is 0.373. The van der Waals surface area contributed by atoms with Crippen molar-refractivity contribution in [2.24, 2.45) is 5.73 Å². The van der Waals surface area contributed by atoms with Gasteiger partial charge in [0, 0.05) is 19.2 Å². The molecule has 1 atom stereocenters. The lowest BCUT2D eigenvalue weighted by Crippen LogP contribution is -2.17. The summed E-state index contributed by atoms with van der Waals surface area (Å²) in [4.78, 5) is 0. The van der Waals surface area contributed by atoms with Gasteiger partial charge in [-0.25, -0.2) is 4.39 Å². The molecule has 1 heterocycles. The van der Waals surface area contributed by atoms with Gasteiger partial charge in [-0.1, -0.05) is 11.2 Å². The van der Waals surface area contributed by atoms with E-state index in [1.54, 1.807) is 25.3 Å². The van der Waals surface area contributed by atoms with E-state index in [0.717, 1.165) is 5.56 Å². The molecule has 2 aromatic rings. The molecule has 114 valence electrons. The highest BCUT2D eigenvalue weighted by Gasteiger charge is 2.09. The molecule has 0 saturated heterocycles. The Balaban J connectivity index is 1.96. The molecule has 1 unspecified atom stereocenters. The molecule has 0 aliphatic rings. The molecule has 0 radical (unpaired) electrons. The number of nitrogens with two attached hydrogens (primary N) is 1. The Morgan fingerprint density at radius 1 is 1.33 bits per heavy atom. The molecular weight excluding hydrogens is 275 g/mol. The number of aromatic nitrogens is 1. The predicted molar refractivity (Wildman–Crippen MR) is 75.3 cm³/mol. The molecule has 1 aromatic carbocycles. The number of rotatable bonds is 7. The normalized spacial score (nSPS) is 12.4. The third-order valence-corrected chi connectivity index (χ3v) is 2.82. The highest BCUT2D eigenvalue weighted by atomic mass is 19.1. The van der Waals surface area contributed by atoms with E-state index >= 15 is 0 Å². The van der Waals surface area contributed by atoms with Gasteiger partial charge in [-0.2, -0.15) is 0 Å². The van der Waals surface area contributed by atoms with Gasteiger partial charge in [-0.15, -0.1) is 0 Å². The largest absolute Gasteiger partial charge is 0.484 e. The molecular formula is C15H19FN2O3. The second-order valence-corrected chi connectivity index (χ2v) is 4.95. The Morgan fingerprint density at radius 3 is 2.81 bits per heavy atom. The summed E-state index contributed by atoms with van der Waals surface area (Å²) in [7, 11) is 1.57. The fourth-order valence-electron chi connectivity index (χ4n) is 1.95. The number of ether oxygens (including phenoxy) is 2. The van der Waals surface area contributed by atoms with Gasteiger partial charge in [0.1, 0.15) is 18.9 Å². The van der Waals surface area contributed by atoms with Crippen LogP contribution >= 0.6 is 0 Å².